The Hall–Kier alpha value is -3.19. The molecule has 0 aliphatic rings. The molecule has 3 aromatic carbocycles. The largest absolute Gasteiger partial charge is 0.322 e. The molecule has 0 aromatic heterocycles. The van der Waals surface area contributed by atoms with Gasteiger partial charge in [0.2, 0.25) is 0 Å². The minimum atomic E-state index is -3.86. The van der Waals surface area contributed by atoms with E-state index in [9.17, 15) is 17.6 Å². The van der Waals surface area contributed by atoms with Crippen molar-refractivity contribution in [3.63, 3.8) is 0 Å². The van der Waals surface area contributed by atoms with E-state index in [-0.39, 0.29) is 16.1 Å². The molecule has 0 aliphatic carbocycles. The molecule has 0 bridgehead atoms. The molecule has 0 radical (unpaired) electrons. The van der Waals surface area contributed by atoms with Gasteiger partial charge in [-0.2, -0.15) is 0 Å². The van der Waals surface area contributed by atoms with Crippen molar-refractivity contribution in [2.75, 3.05) is 10.0 Å². The highest BCUT2D eigenvalue weighted by molar-refractivity contribution is 7.92. The number of hydrogen-bond donors (Lipinski definition) is 2. The number of carbonyl (C=O) groups excluding carboxylic acids is 1. The number of nitrogens with one attached hydrogen (secondary N) is 2. The van der Waals surface area contributed by atoms with E-state index in [4.69, 9.17) is 0 Å². The molecule has 3 rings (SSSR count). The molecular weight excluding hydrogens is 379 g/mol. The first-order chi connectivity index (χ1) is 13.4. The Labute approximate surface area is 163 Å². The highest BCUT2D eigenvalue weighted by Gasteiger charge is 2.17. The second-order valence-corrected chi connectivity index (χ2v) is 7.83. The predicted molar refractivity (Wildman–Crippen MR) is 107 cm³/mol. The van der Waals surface area contributed by atoms with Crippen LogP contribution in [0.15, 0.2) is 77.7 Å². The zero-order valence-electron chi connectivity index (χ0n) is 15.1. The van der Waals surface area contributed by atoms with Crippen LogP contribution in [-0.2, 0) is 16.4 Å². The van der Waals surface area contributed by atoms with Crippen molar-refractivity contribution in [1.29, 1.82) is 0 Å². The number of hydrogen-bond acceptors (Lipinski definition) is 3. The van der Waals surface area contributed by atoms with Crippen LogP contribution in [0.2, 0.25) is 0 Å². The number of sulfonamides is 1. The first kappa shape index (κ1) is 19.6. The summed E-state index contributed by atoms with van der Waals surface area (Å²) < 4.78 is 41.0. The monoisotopic (exact) mass is 398 g/mol. The number of halogens is 1. The van der Waals surface area contributed by atoms with Gasteiger partial charge in [-0.1, -0.05) is 31.2 Å². The van der Waals surface area contributed by atoms with Crippen molar-refractivity contribution in [2.24, 2.45) is 0 Å². The van der Waals surface area contributed by atoms with Crippen molar-refractivity contribution in [3.05, 3.63) is 89.7 Å². The average Bonchev–Trinajstić information content (AvgIpc) is 2.68. The maximum absolute atomic E-state index is 13.3. The van der Waals surface area contributed by atoms with E-state index in [1.54, 1.807) is 18.2 Å². The van der Waals surface area contributed by atoms with Gasteiger partial charge in [-0.05, 0) is 60.5 Å². The molecule has 0 unspecified atom stereocenters. The Bertz CT molecular complexity index is 1100. The third kappa shape index (κ3) is 4.75. The Kier molecular flexibility index (Phi) is 5.75. The summed E-state index contributed by atoms with van der Waals surface area (Å²) in [5, 5.41) is 2.55. The van der Waals surface area contributed by atoms with Crippen molar-refractivity contribution in [2.45, 2.75) is 18.2 Å². The molecule has 0 heterocycles. The first-order valence-electron chi connectivity index (χ1n) is 8.66. The Morgan fingerprint density at radius 2 is 1.64 bits per heavy atom. The fourth-order valence-electron chi connectivity index (χ4n) is 2.60. The number of anilines is 2. The summed E-state index contributed by atoms with van der Waals surface area (Å²) in [4.78, 5) is 12.3. The smallest absolute Gasteiger partial charge is 0.261 e. The maximum Gasteiger partial charge on any atom is 0.261 e. The van der Waals surface area contributed by atoms with Gasteiger partial charge in [0.05, 0.1) is 4.90 Å². The molecule has 0 atom stereocenters. The van der Waals surface area contributed by atoms with Gasteiger partial charge in [0, 0.05) is 16.9 Å². The van der Waals surface area contributed by atoms with Gasteiger partial charge in [-0.25, -0.2) is 12.8 Å². The van der Waals surface area contributed by atoms with E-state index >= 15 is 0 Å². The van der Waals surface area contributed by atoms with Crippen molar-refractivity contribution in [3.8, 4) is 0 Å². The van der Waals surface area contributed by atoms with E-state index in [1.165, 1.54) is 42.5 Å². The molecule has 1 amide bonds. The quantitative estimate of drug-likeness (QED) is 0.645. The summed E-state index contributed by atoms with van der Waals surface area (Å²) in [6, 6.07) is 18.2. The highest BCUT2D eigenvalue weighted by Crippen LogP contribution is 2.19. The number of benzene rings is 3. The van der Waals surface area contributed by atoms with Crippen LogP contribution in [0.25, 0.3) is 0 Å². The Balaban J connectivity index is 1.79. The minimum Gasteiger partial charge on any atom is -0.322 e. The van der Waals surface area contributed by atoms with E-state index in [2.05, 4.69) is 10.0 Å². The molecule has 5 nitrogen and oxygen atoms in total. The van der Waals surface area contributed by atoms with Gasteiger partial charge in [-0.3, -0.25) is 9.52 Å². The zero-order chi connectivity index (χ0) is 20.1. The predicted octanol–water partition coefficient (Wildman–Crippen LogP) is 4.44. The summed E-state index contributed by atoms with van der Waals surface area (Å²) in [7, 11) is -3.86. The summed E-state index contributed by atoms with van der Waals surface area (Å²) >= 11 is 0. The summed E-state index contributed by atoms with van der Waals surface area (Å²) in [6.45, 7) is 2.01. The zero-order valence-corrected chi connectivity index (χ0v) is 16.0. The van der Waals surface area contributed by atoms with Crippen molar-refractivity contribution in [1.82, 2.24) is 0 Å². The lowest BCUT2D eigenvalue weighted by Crippen LogP contribution is -2.16. The second-order valence-electron chi connectivity index (χ2n) is 6.15. The average molecular weight is 398 g/mol. The van der Waals surface area contributed by atoms with Crippen LogP contribution < -0.4 is 10.0 Å². The maximum atomic E-state index is 13.3. The van der Waals surface area contributed by atoms with Crippen LogP contribution in [0.5, 0.6) is 0 Å². The van der Waals surface area contributed by atoms with E-state index < -0.39 is 21.7 Å². The molecule has 0 spiro atoms. The summed E-state index contributed by atoms with van der Waals surface area (Å²) in [5.74, 6) is -1.01. The molecule has 7 heteroatoms. The fourth-order valence-corrected chi connectivity index (χ4v) is 3.70. The van der Waals surface area contributed by atoms with Crippen LogP contribution >= 0.6 is 0 Å². The normalized spacial score (nSPS) is 11.1. The van der Waals surface area contributed by atoms with Gasteiger partial charge in [0.1, 0.15) is 5.82 Å². The van der Waals surface area contributed by atoms with Crippen molar-refractivity contribution >= 4 is 27.3 Å². The molecule has 0 aliphatic heterocycles. The minimum absolute atomic E-state index is 0.0426. The SMILES string of the molecule is CCc1ccc(NS(=O)(=O)c2cccc(C(=O)Nc3cccc(F)c3)c2)cc1. The molecule has 28 heavy (non-hydrogen) atoms. The third-order valence-corrected chi connectivity index (χ3v) is 5.48. The Morgan fingerprint density at radius 1 is 0.929 bits per heavy atom. The molecule has 0 fully saturated rings. The number of carbonyl (C=O) groups is 1. The molecule has 2 N–H and O–H groups in total. The topological polar surface area (TPSA) is 75.3 Å². The standard InChI is InChI=1S/C21H19FN2O3S/c1-2-15-9-11-18(12-10-15)24-28(26,27)20-8-3-5-16(13-20)21(25)23-19-7-4-6-17(22)14-19/h3-14,24H,2H2,1H3,(H,23,25). The van der Waals surface area contributed by atoms with E-state index in [1.807, 2.05) is 19.1 Å². The number of aryl methyl sites for hydroxylation is 1. The first-order valence-corrected chi connectivity index (χ1v) is 10.1. The van der Waals surface area contributed by atoms with Gasteiger partial charge < -0.3 is 5.32 Å². The summed E-state index contributed by atoms with van der Waals surface area (Å²) in [6.07, 6.45) is 0.857. The summed E-state index contributed by atoms with van der Waals surface area (Å²) in [5.41, 5.74) is 1.96. The van der Waals surface area contributed by atoms with Crippen LogP contribution in [0, 0.1) is 5.82 Å². The van der Waals surface area contributed by atoms with Gasteiger partial charge in [-0.15, -0.1) is 0 Å². The highest BCUT2D eigenvalue weighted by atomic mass is 32.2. The van der Waals surface area contributed by atoms with Gasteiger partial charge in [0.15, 0.2) is 0 Å². The molecule has 144 valence electrons. The van der Waals surface area contributed by atoms with E-state index in [0.717, 1.165) is 12.0 Å². The number of rotatable bonds is 6. The molecule has 0 saturated carbocycles. The van der Waals surface area contributed by atoms with Gasteiger partial charge >= 0.3 is 0 Å². The molecule has 0 saturated heterocycles. The molecule has 3 aromatic rings. The fraction of sp³-hybridized carbons (Fsp3) is 0.0952. The lowest BCUT2D eigenvalue weighted by Gasteiger charge is -2.10. The number of amides is 1. The van der Waals surface area contributed by atoms with Crippen molar-refractivity contribution < 1.29 is 17.6 Å². The van der Waals surface area contributed by atoms with Crippen LogP contribution in [-0.4, -0.2) is 14.3 Å². The van der Waals surface area contributed by atoms with Crippen LogP contribution in [0.1, 0.15) is 22.8 Å². The lowest BCUT2D eigenvalue weighted by atomic mass is 10.2. The third-order valence-electron chi connectivity index (χ3n) is 4.10. The van der Waals surface area contributed by atoms with E-state index in [0.29, 0.717) is 5.69 Å². The van der Waals surface area contributed by atoms with Crippen LogP contribution in [0.4, 0.5) is 15.8 Å². The molecular formula is C21H19FN2O3S. The Morgan fingerprint density at radius 3 is 2.32 bits per heavy atom. The van der Waals surface area contributed by atoms with Crippen LogP contribution in [0.3, 0.4) is 0 Å². The lowest BCUT2D eigenvalue weighted by molar-refractivity contribution is 0.102. The van der Waals surface area contributed by atoms with Gasteiger partial charge in [0.25, 0.3) is 15.9 Å². The second kappa shape index (κ2) is 8.22.